The van der Waals surface area contributed by atoms with E-state index in [4.69, 9.17) is 5.53 Å². The number of anilines is 1. The summed E-state index contributed by atoms with van der Waals surface area (Å²) in [5.74, 6) is 0. The largest absolute Gasteiger partial charge is 0.465 e. The second-order valence-electron chi connectivity index (χ2n) is 6.25. The van der Waals surface area contributed by atoms with Crippen LogP contribution in [-0.4, -0.2) is 17.7 Å². The molecular weight excluding hydrogens is 340 g/mol. The third kappa shape index (κ3) is 4.57. The van der Waals surface area contributed by atoms with Gasteiger partial charge in [-0.15, -0.1) is 0 Å². The summed E-state index contributed by atoms with van der Waals surface area (Å²) in [5.41, 5.74) is 8.66. The molecule has 0 bridgehead atoms. The van der Waals surface area contributed by atoms with E-state index in [-0.39, 0.29) is 6.04 Å². The molecule has 0 unspecified atom stereocenters. The minimum atomic E-state index is -0.983. The van der Waals surface area contributed by atoms with Crippen molar-refractivity contribution in [1.29, 1.82) is 5.53 Å². The molecule has 2 N–H and O–H groups in total. The van der Waals surface area contributed by atoms with E-state index < -0.39 is 6.09 Å². The second kappa shape index (κ2) is 8.74. The number of fused-ring (bicyclic) bond motifs is 1. The lowest BCUT2D eigenvalue weighted by molar-refractivity contribution is 0.201. The number of nitrogens with zero attached hydrogens (tertiary/aromatic N) is 3. The Balaban J connectivity index is 1.72. The quantitative estimate of drug-likeness (QED) is 0.436. The Labute approximate surface area is 157 Å². The third-order valence-electron chi connectivity index (χ3n) is 4.52. The SMILES string of the molecule is N=[N+]=N[C@@H](CCCN(C(=O)O)c1ccc2ccccc2c1)c1ccccc1. The predicted octanol–water partition coefficient (Wildman–Crippen LogP) is 5.40. The van der Waals surface area contributed by atoms with Crippen LogP contribution < -0.4 is 9.81 Å². The fraction of sp³-hybridized carbons (Fsp3) is 0.190. The van der Waals surface area contributed by atoms with Crippen LogP contribution in [0.2, 0.25) is 0 Å². The van der Waals surface area contributed by atoms with Crippen LogP contribution in [-0.2, 0) is 0 Å². The van der Waals surface area contributed by atoms with E-state index in [2.05, 4.69) is 10.0 Å². The molecule has 0 aromatic heterocycles. The van der Waals surface area contributed by atoms with Gasteiger partial charge in [0.15, 0.2) is 6.04 Å². The van der Waals surface area contributed by atoms with Crippen molar-refractivity contribution in [1.82, 2.24) is 4.91 Å². The summed E-state index contributed by atoms with van der Waals surface area (Å²) in [6, 6.07) is 22.9. The zero-order valence-electron chi connectivity index (χ0n) is 14.8. The van der Waals surface area contributed by atoms with Gasteiger partial charge < -0.3 is 5.11 Å². The van der Waals surface area contributed by atoms with Crippen molar-refractivity contribution in [3.63, 3.8) is 0 Å². The molecule has 27 heavy (non-hydrogen) atoms. The van der Waals surface area contributed by atoms with Gasteiger partial charge in [-0.1, -0.05) is 60.7 Å². The van der Waals surface area contributed by atoms with E-state index in [1.165, 1.54) is 4.90 Å². The molecule has 0 heterocycles. The molecule has 0 saturated heterocycles. The molecule has 0 radical (unpaired) electrons. The van der Waals surface area contributed by atoms with Gasteiger partial charge in [0.25, 0.3) is 0 Å². The van der Waals surface area contributed by atoms with Gasteiger partial charge in [0.1, 0.15) is 10.6 Å². The average molecular weight is 361 g/mol. The molecule has 6 nitrogen and oxygen atoms in total. The Morgan fingerprint density at radius 3 is 2.44 bits per heavy atom. The Hall–Kier alpha value is -3.50. The molecule has 0 spiro atoms. The van der Waals surface area contributed by atoms with E-state index in [1.54, 1.807) is 0 Å². The maximum Gasteiger partial charge on any atom is 0.411 e. The van der Waals surface area contributed by atoms with Crippen molar-refractivity contribution in [2.24, 2.45) is 5.11 Å². The van der Waals surface area contributed by atoms with Crippen molar-refractivity contribution in [3.8, 4) is 0 Å². The number of carbonyl (C=O) groups is 1. The van der Waals surface area contributed by atoms with Crippen LogP contribution >= 0.6 is 0 Å². The topological polar surface area (TPSA) is 90.9 Å². The van der Waals surface area contributed by atoms with Gasteiger partial charge in [-0.05, 0) is 41.3 Å². The van der Waals surface area contributed by atoms with Gasteiger partial charge in [0, 0.05) is 12.2 Å². The molecular formula is C21H21N4O2+. The van der Waals surface area contributed by atoms with E-state index in [9.17, 15) is 9.90 Å². The fourth-order valence-corrected chi connectivity index (χ4v) is 3.16. The maximum absolute atomic E-state index is 11.8. The molecule has 1 amide bonds. The van der Waals surface area contributed by atoms with Gasteiger partial charge in [-0.2, -0.15) is 0 Å². The first kappa shape index (κ1) is 18.3. The van der Waals surface area contributed by atoms with E-state index in [1.807, 2.05) is 72.8 Å². The number of carboxylic acid groups (broad SMARTS) is 1. The van der Waals surface area contributed by atoms with Gasteiger partial charge in [-0.25, -0.2) is 4.79 Å². The number of benzene rings is 3. The lowest BCUT2D eigenvalue weighted by Gasteiger charge is -2.20. The van der Waals surface area contributed by atoms with Crippen molar-refractivity contribution in [2.45, 2.75) is 18.9 Å². The van der Waals surface area contributed by atoms with Crippen LogP contribution in [0.5, 0.6) is 0 Å². The summed E-state index contributed by atoms with van der Waals surface area (Å²) in [5, 5.41) is 15.7. The number of nitrogens with one attached hydrogen (secondary N) is 1. The highest BCUT2D eigenvalue weighted by atomic mass is 16.4. The predicted molar refractivity (Wildman–Crippen MR) is 105 cm³/mol. The maximum atomic E-state index is 11.8. The summed E-state index contributed by atoms with van der Waals surface area (Å²) in [6.45, 7) is 0.352. The molecule has 0 aliphatic rings. The fourth-order valence-electron chi connectivity index (χ4n) is 3.16. The summed E-state index contributed by atoms with van der Waals surface area (Å²) >= 11 is 0. The van der Waals surface area contributed by atoms with E-state index >= 15 is 0 Å². The molecule has 3 aromatic carbocycles. The monoisotopic (exact) mass is 361 g/mol. The van der Waals surface area contributed by atoms with Crippen molar-refractivity contribution >= 4 is 22.6 Å². The second-order valence-corrected chi connectivity index (χ2v) is 6.25. The Morgan fingerprint density at radius 2 is 1.74 bits per heavy atom. The van der Waals surface area contributed by atoms with Crippen LogP contribution in [0.1, 0.15) is 24.4 Å². The van der Waals surface area contributed by atoms with E-state index in [0.717, 1.165) is 16.3 Å². The van der Waals surface area contributed by atoms with Gasteiger partial charge >= 0.3 is 6.09 Å². The zero-order valence-corrected chi connectivity index (χ0v) is 14.8. The first-order chi connectivity index (χ1) is 13.2. The van der Waals surface area contributed by atoms with Crippen LogP contribution in [0.25, 0.3) is 10.8 Å². The van der Waals surface area contributed by atoms with Gasteiger partial charge in [0.2, 0.25) is 4.91 Å². The minimum absolute atomic E-state index is 0.240. The van der Waals surface area contributed by atoms with Gasteiger partial charge in [0.05, 0.1) is 0 Å². The van der Waals surface area contributed by atoms with Crippen molar-refractivity contribution < 1.29 is 9.90 Å². The molecule has 1 atom stereocenters. The van der Waals surface area contributed by atoms with Crippen LogP contribution in [0.15, 0.2) is 77.9 Å². The summed E-state index contributed by atoms with van der Waals surface area (Å²) in [6.07, 6.45) is 0.241. The standard InChI is InChI=1S/C21H20N4O2/c22-24-23-20(17-8-2-1-3-9-17)11-6-14-25(21(26)27)19-13-12-16-7-4-5-10-18(16)15-19/h1-5,7-10,12-13,15,20,22H,6,11,14H2/p+1/t20-/m0/s1. The number of hydrogen-bond acceptors (Lipinski definition) is 3. The summed E-state index contributed by atoms with van der Waals surface area (Å²) < 4.78 is 0. The van der Waals surface area contributed by atoms with Crippen molar-refractivity contribution in [3.05, 3.63) is 78.4 Å². The first-order valence-corrected chi connectivity index (χ1v) is 8.80. The van der Waals surface area contributed by atoms with E-state index in [0.29, 0.717) is 25.1 Å². The zero-order chi connectivity index (χ0) is 19.1. The number of amides is 1. The number of rotatable bonds is 7. The first-order valence-electron chi connectivity index (χ1n) is 8.80. The molecule has 0 saturated carbocycles. The molecule has 0 fully saturated rings. The Bertz CT molecular complexity index is 968. The molecule has 136 valence electrons. The molecule has 3 rings (SSSR count). The van der Waals surface area contributed by atoms with Crippen molar-refractivity contribution in [2.75, 3.05) is 11.4 Å². The lowest BCUT2D eigenvalue weighted by atomic mass is 10.0. The normalized spacial score (nSPS) is 11.6. The number of hydrogen-bond donors (Lipinski definition) is 2. The average Bonchev–Trinajstić information content (AvgIpc) is 2.70. The Morgan fingerprint density at radius 1 is 1.04 bits per heavy atom. The van der Waals surface area contributed by atoms with Crippen LogP contribution in [0, 0.1) is 5.53 Å². The van der Waals surface area contributed by atoms with Crippen LogP contribution in [0.3, 0.4) is 0 Å². The summed E-state index contributed by atoms with van der Waals surface area (Å²) in [4.78, 5) is 16.3. The molecule has 6 heteroatoms. The van der Waals surface area contributed by atoms with Gasteiger partial charge in [-0.3, -0.25) is 4.90 Å². The lowest BCUT2D eigenvalue weighted by Crippen LogP contribution is -2.30. The minimum Gasteiger partial charge on any atom is -0.465 e. The smallest absolute Gasteiger partial charge is 0.411 e. The van der Waals surface area contributed by atoms with Crippen LogP contribution in [0.4, 0.5) is 10.5 Å². The highest BCUT2D eigenvalue weighted by Crippen LogP contribution is 2.25. The summed E-state index contributed by atoms with van der Waals surface area (Å²) in [7, 11) is 0. The Kier molecular flexibility index (Phi) is 5.92. The molecule has 0 aliphatic heterocycles. The highest BCUT2D eigenvalue weighted by Gasteiger charge is 2.19. The highest BCUT2D eigenvalue weighted by molar-refractivity contribution is 5.92. The molecule has 0 aliphatic carbocycles. The molecule has 3 aromatic rings. The third-order valence-corrected chi connectivity index (χ3v) is 4.52.